The van der Waals surface area contributed by atoms with Crippen LogP contribution in [0.15, 0.2) is 4.52 Å². The first-order chi connectivity index (χ1) is 10.2. The van der Waals surface area contributed by atoms with Gasteiger partial charge < -0.3 is 20.1 Å². The van der Waals surface area contributed by atoms with Crippen LogP contribution in [0.25, 0.3) is 0 Å². The van der Waals surface area contributed by atoms with Gasteiger partial charge in [-0.25, -0.2) is 0 Å². The van der Waals surface area contributed by atoms with E-state index < -0.39 is 0 Å². The molecule has 1 aromatic rings. The van der Waals surface area contributed by atoms with Crippen molar-refractivity contribution < 1.29 is 4.52 Å². The second-order valence-corrected chi connectivity index (χ2v) is 6.59. The summed E-state index contributed by atoms with van der Waals surface area (Å²) in [6.45, 7) is 4.63. The van der Waals surface area contributed by atoms with Crippen LogP contribution in [-0.4, -0.2) is 54.8 Å². The monoisotopic (exact) mass is 293 g/mol. The van der Waals surface area contributed by atoms with Gasteiger partial charge in [0.1, 0.15) is 0 Å². The maximum Gasteiger partial charge on any atom is 0.266 e. The van der Waals surface area contributed by atoms with Crippen molar-refractivity contribution in [3.63, 3.8) is 0 Å². The van der Waals surface area contributed by atoms with E-state index in [1.54, 1.807) is 0 Å². The molecule has 0 atom stereocenters. The van der Waals surface area contributed by atoms with Gasteiger partial charge >= 0.3 is 0 Å². The summed E-state index contributed by atoms with van der Waals surface area (Å²) in [5.41, 5.74) is 6.01. The Bertz CT molecular complexity index is 445. The lowest BCUT2D eigenvalue weighted by Gasteiger charge is -2.31. The van der Waals surface area contributed by atoms with Gasteiger partial charge in [0.05, 0.1) is 5.41 Å². The Morgan fingerprint density at radius 3 is 2.38 bits per heavy atom. The summed E-state index contributed by atoms with van der Waals surface area (Å²) >= 11 is 0. The molecule has 1 aliphatic carbocycles. The van der Waals surface area contributed by atoms with E-state index in [4.69, 9.17) is 15.2 Å². The zero-order valence-electron chi connectivity index (χ0n) is 13.1. The number of piperazine rings is 1. The van der Waals surface area contributed by atoms with E-state index in [-0.39, 0.29) is 5.41 Å². The smallest absolute Gasteiger partial charge is 0.266 e. The first kappa shape index (κ1) is 14.8. The first-order valence-corrected chi connectivity index (χ1v) is 8.21. The van der Waals surface area contributed by atoms with Gasteiger partial charge in [-0.2, -0.15) is 4.98 Å². The third-order valence-electron chi connectivity index (χ3n) is 5.11. The highest BCUT2D eigenvalue weighted by molar-refractivity contribution is 5.30. The van der Waals surface area contributed by atoms with Crippen LogP contribution in [0.4, 0.5) is 5.95 Å². The number of rotatable bonds is 3. The zero-order chi connectivity index (χ0) is 14.7. The minimum atomic E-state index is -0.0890. The Morgan fingerprint density at radius 1 is 1.10 bits per heavy atom. The maximum atomic E-state index is 6.10. The number of nitrogens with zero attached hydrogens (tertiary/aromatic N) is 4. The molecule has 2 aliphatic rings. The highest BCUT2D eigenvalue weighted by atomic mass is 16.5. The third kappa shape index (κ3) is 3.06. The average molecular weight is 293 g/mol. The predicted octanol–water partition coefficient (Wildman–Crippen LogP) is 1.37. The maximum absolute atomic E-state index is 6.10. The minimum Gasteiger partial charge on any atom is -0.337 e. The predicted molar refractivity (Wildman–Crippen MR) is 82.4 cm³/mol. The molecule has 21 heavy (non-hydrogen) atoms. The SMILES string of the molecule is CN1CCN(c2noc(C3(CN)CCCCCC3)n2)CC1. The van der Waals surface area contributed by atoms with Crippen molar-refractivity contribution in [3.8, 4) is 0 Å². The van der Waals surface area contributed by atoms with Gasteiger partial charge in [-0.05, 0) is 25.0 Å². The molecule has 0 unspecified atom stereocenters. The average Bonchev–Trinajstić information content (AvgIpc) is 2.88. The zero-order valence-corrected chi connectivity index (χ0v) is 13.1. The van der Waals surface area contributed by atoms with E-state index in [0.717, 1.165) is 50.9 Å². The van der Waals surface area contributed by atoms with Gasteiger partial charge in [0.2, 0.25) is 5.89 Å². The molecule has 6 heteroatoms. The second-order valence-electron chi connectivity index (χ2n) is 6.59. The molecule has 0 bridgehead atoms. The van der Waals surface area contributed by atoms with Gasteiger partial charge in [-0.15, -0.1) is 0 Å². The van der Waals surface area contributed by atoms with Crippen molar-refractivity contribution in [1.82, 2.24) is 15.0 Å². The Labute approximate surface area is 126 Å². The Hall–Kier alpha value is -1.14. The fraction of sp³-hybridized carbons (Fsp3) is 0.867. The van der Waals surface area contributed by atoms with E-state index in [2.05, 4.69) is 22.0 Å². The lowest BCUT2D eigenvalue weighted by atomic mass is 9.80. The molecule has 1 aliphatic heterocycles. The summed E-state index contributed by atoms with van der Waals surface area (Å²) in [5.74, 6) is 1.51. The Morgan fingerprint density at radius 2 is 1.76 bits per heavy atom. The number of hydrogen-bond acceptors (Lipinski definition) is 6. The normalized spacial score (nSPS) is 24.0. The van der Waals surface area contributed by atoms with Crippen molar-refractivity contribution in [3.05, 3.63) is 5.89 Å². The minimum absolute atomic E-state index is 0.0890. The summed E-state index contributed by atoms with van der Waals surface area (Å²) in [5, 5.41) is 4.23. The van der Waals surface area contributed by atoms with Crippen molar-refractivity contribution in [2.75, 3.05) is 44.7 Å². The molecule has 1 saturated carbocycles. The van der Waals surface area contributed by atoms with Crippen LogP contribution < -0.4 is 10.6 Å². The van der Waals surface area contributed by atoms with Crippen molar-refractivity contribution in [2.24, 2.45) is 5.73 Å². The number of anilines is 1. The highest BCUT2D eigenvalue weighted by Crippen LogP contribution is 2.37. The van der Waals surface area contributed by atoms with Crippen LogP contribution in [0.5, 0.6) is 0 Å². The summed E-state index contributed by atoms with van der Waals surface area (Å²) < 4.78 is 5.64. The van der Waals surface area contributed by atoms with Gasteiger partial charge in [-0.1, -0.05) is 25.7 Å². The standard InChI is InChI=1S/C15H27N5O/c1-19-8-10-20(11-9-19)14-17-13(21-18-14)15(12-16)6-4-2-3-5-7-15/h2-12,16H2,1H3. The highest BCUT2D eigenvalue weighted by Gasteiger charge is 2.37. The molecular formula is C15H27N5O. The third-order valence-corrected chi connectivity index (χ3v) is 5.11. The number of hydrogen-bond donors (Lipinski definition) is 1. The Balaban J connectivity index is 1.76. The van der Waals surface area contributed by atoms with Gasteiger partial charge in [0.15, 0.2) is 0 Å². The molecule has 0 spiro atoms. The van der Waals surface area contributed by atoms with Crippen LogP contribution in [0.1, 0.15) is 44.4 Å². The van der Waals surface area contributed by atoms with Crippen molar-refractivity contribution in [1.29, 1.82) is 0 Å². The largest absolute Gasteiger partial charge is 0.337 e. The summed E-state index contributed by atoms with van der Waals surface area (Å²) in [4.78, 5) is 9.26. The van der Waals surface area contributed by atoms with Gasteiger partial charge in [0, 0.05) is 32.7 Å². The molecule has 1 saturated heterocycles. The molecule has 6 nitrogen and oxygen atoms in total. The van der Waals surface area contributed by atoms with E-state index >= 15 is 0 Å². The van der Waals surface area contributed by atoms with E-state index in [1.165, 1.54) is 25.7 Å². The summed E-state index contributed by atoms with van der Waals surface area (Å²) in [7, 11) is 2.15. The van der Waals surface area contributed by atoms with Crippen molar-refractivity contribution >= 4 is 5.95 Å². The van der Waals surface area contributed by atoms with E-state index in [9.17, 15) is 0 Å². The van der Waals surface area contributed by atoms with E-state index in [0.29, 0.717) is 6.54 Å². The molecule has 3 rings (SSSR count). The summed E-state index contributed by atoms with van der Waals surface area (Å²) in [6, 6.07) is 0. The molecule has 0 radical (unpaired) electrons. The van der Waals surface area contributed by atoms with Gasteiger partial charge in [-0.3, -0.25) is 0 Å². The molecule has 2 heterocycles. The van der Waals surface area contributed by atoms with Gasteiger partial charge in [0.25, 0.3) is 5.95 Å². The lowest BCUT2D eigenvalue weighted by Crippen LogP contribution is -2.45. The quantitative estimate of drug-likeness (QED) is 0.849. The molecule has 1 aromatic heterocycles. The molecule has 0 amide bonds. The molecular weight excluding hydrogens is 266 g/mol. The van der Waals surface area contributed by atoms with E-state index in [1.807, 2.05) is 0 Å². The molecule has 0 aromatic carbocycles. The van der Waals surface area contributed by atoms with Crippen LogP contribution in [0, 0.1) is 0 Å². The topological polar surface area (TPSA) is 71.4 Å². The van der Waals surface area contributed by atoms with Crippen LogP contribution >= 0.6 is 0 Å². The fourth-order valence-corrected chi connectivity index (χ4v) is 3.48. The Kier molecular flexibility index (Phi) is 4.45. The van der Waals surface area contributed by atoms with Crippen LogP contribution in [-0.2, 0) is 5.41 Å². The fourth-order valence-electron chi connectivity index (χ4n) is 3.48. The van der Waals surface area contributed by atoms with Crippen LogP contribution in [0.2, 0.25) is 0 Å². The van der Waals surface area contributed by atoms with Crippen LogP contribution in [0.3, 0.4) is 0 Å². The lowest BCUT2D eigenvalue weighted by molar-refractivity contribution is 0.256. The number of aromatic nitrogens is 2. The molecule has 2 fully saturated rings. The van der Waals surface area contributed by atoms with Crippen molar-refractivity contribution in [2.45, 2.75) is 43.9 Å². The molecule has 118 valence electrons. The molecule has 2 N–H and O–H groups in total. The number of nitrogens with two attached hydrogens (primary N) is 1. The number of likely N-dealkylation sites (N-methyl/N-ethyl adjacent to an activating group) is 1. The first-order valence-electron chi connectivity index (χ1n) is 8.21. The summed E-state index contributed by atoms with van der Waals surface area (Å²) in [6.07, 6.45) is 7.16. The second kappa shape index (κ2) is 6.32.